The first-order valence-corrected chi connectivity index (χ1v) is 14.4. The smallest absolute Gasteiger partial charge is 0.0262 e. The van der Waals surface area contributed by atoms with Gasteiger partial charge in [0.05, 0.1) is 0 Å². The first-order valence-electron chi connectivity index (χ1n) is 14.4. The van der Waals surface area contributed by atoms with Gasteiger partial charge in [-0.1, -0.05) is 162 Å². The third kappa shape index (κ3) is 24.0. The van der Waals surface area contributed by atoms with Gasteiger partial charge in [0.25, 0.3) is 0 Å². The van der Waals surface area contributed by atoms with E-state index in [2.05, 4.69) is 39.8 Å². The molecule has 0 spiro atoms. The Hall–Kier alpha value is -0.260. The molecular weight excluding hydrogens is 360 g/mol. The highest BCUT2D eigenvalue weighted by molar-refractivity contribution is 4.86. The van der Waals surface area contributed by atoms with Crippen LogP contribution < -0.4 is 0 Å². The lowest BCUT2D eigenvalue weighted by Crippen LogP contribution is -1.95. The van der Waals surface area contributed by atoms with Gasteiger partial charge < -0.3 is 0 Å². The van der Waals surface area contributed by atoms with Crippen LogP contribution in [0.25, 0.3) is 0 Å². The normalized spacial score (nSPS) is 13.9. The van der Waals surface area contributed by atoms with Gasteiger partial charge in [-0.2, -0.15) is 0 Å². The molecule has 2 atom stereocenters. The van der Waals surface area contributed by atoms with Gasteiger partial charge in [0.15, 0.2) is 0 Å². The van der Waals surface area contributed by atoms with Gasteiger partial charge in [0.1, 0.15) is 0 Å². The summed E-state index contributed by atoms with van der Waals surface area (Å²) in [6.07, 6.45) is 36.5. The van der Waals surface area contributed by atoms with Gasteiger partial charge >= 0.3 is 0 Å². The standard InChI is InChI=1S/C30H60/c1-5-7-9-11-13-14-15-16-18-22-26-30(4)28-24-20-19-23-27-29(3)25-21-17-12-10-8-6-2/h23,27,29-30H,5-22,24-26,28H2,1-4H3/b27-23+. The summed E-state index contributed by atoms with van der Waals surface area (Å²) in [4.78, 5) is 0. The topological polar surface area (TPSA) is 0 Å². The number of rotatable bonds is 24. The number of unbranched alkanes of at least 4 members (excludes halogenated alkanes) is 16. The van der Waals surface area contributed by atoms with Gasteiger partial charge in [-0.25, -0.2) is 0 Å². The van der Waals surface area contributed by atoms with Crippen LogP contribution in [0.4, 0.5) is 0 Å². The summed E-state index contributed by atoms with van der Waals surface area (Å²) >= 11 is 0. The fraction of sp³-hybridized carbons (Fsp3) is 0.933. The molecule has 0 saturated heterocycles. The molecule has 180 valence electrons. The Balaban J connectivity index is 3.34. The van der Waals surface area contributed by atoms with Crippen LogP contribution in [0.5, 0.6) is 0 Å². The first-order chi connectivity index (χ1) is 14.7. The second-order valence-electron chi connectivity index (χ2n) is 10.3. The Morgan fingerprint density at radius 1 is 0.467 bits per heavy atom. The Labute approximate surface area is 193 Å². The van der Waals surface area contributed by atoms with Crippen molar-refractivity contribution in [2.75, 3.05) is 0 Å². The summed E-state index contributed by atoms with van der Waals surface area (Å²) in [7, 11) is 0. The van der Waals surface area contributed by atoms with Gasteiger partial charge in [-0.15, -0.1) is 0 Å². The molecule has 0 aliphatic carbocycles. The molecular formula is C30H60. The number of hydrogen-bond acceptors (Lipinski definition) is 0. The Kier molecular flexibility index (Phi) is 24.8. The van der Waals surface area contributed by atoms with E-state index in [0.717, 1.165) is 11.8 Å². The molecule has 0 aromatic heterocycles. The predicted octanol–water partition coefficient (Wildman–Crippen LogP) is 11.4. The van der Waals surface area contributed by atoms with E-state index in [-0.39, 0.29) is 0 Å². The van der Waals surface area contributed by atoms with Gasteiger partial charge in [0, 0.05) is 0 Å². The number of allylic oxidation sites excluding steroid dienone is 2. The van der Waals surface area contributed by atoms with Gasteiger partial charge in [0.2, 0.25) is 0 Å². The zero-order valence-corrected chi connectivity index (χ0v) is 21.9. The zero-order valence-electron chi connectivity index (χ0n) is 21.9. The van der Waals surface area contributed by atoms with Crippen molar-refractivity contribution in [3.8, 4) is 0 Å². The Morgan fingerprint density at radius 3 is 1.37 bits per heavy atom. The molecule has 0 N–H and O–H groups in total. The largest absolute Gasteiger partial charge is 0.0883 e. The summed E-state index contributed by atoms with van der Waals surface area (Å²) in [6, 6.07) is 0. The first kappa shape index (κ1) is 29.7. The molecule has 0 nitrogen and oxygen atoms in total. The average Bonchev–Trinajstić information content (AvgIpc) is 2.74. The van der Waals surface area contributed by atoms with Crippen LogP contribution >= 0.6 is 0 Å². The zero-order chi connectivity index (χ0) is 22.1. The monoisotopic (exact) mass is 420 g/mol. The molecule has 30 heavy (non-hydrogen) atoms. The van der Waals surface area contributed by atoms with Crippen molar-refractivity contribution >= 4 is 0 Å². The van der Waals surface area contributed by atoms with E-state index in [1.807, 2.05) is 0 Å². The Morgan fingerprint density at radius 2 is 0.867 bits per heavy atom. The van der Waals surface area contributed by atoms with Crippen LogP contribution in [0.3, 0.4) is 0 Å². The van der Waals surface area contributed by atoms with Crippen LogP contribution in [0.1, 0.15) is 169 Å². The maximum atomic E-state index is 2.49. The van der Waals surface area contributed by atoms with Gasteiger partial charge in [-0.3, -0.25) is 0 Å². The highest BCUT2D eigenvalue weighted by atomic mass is 14.1. The summed E-state index contributed by atoms with van der Waals surface area (Å²) in [5.41, 5.74) is 0. The molecule has 0 aliphatic heterocycles. The minimum atomic E-state index is 0.784. The fourth-order valence-electron chi connectivity index (χ4n) is 4.55. The SMILES string of the molecule is CCCCCCCCCCCCC(C)CCCC/C=C/C(C)CCCCCCCC. The molecule has 0 heterocycles. The molecule has 0 amide bonds. The minimum absolute atomic E-state index is 0.784. The van der Waals surface area contributed by atoms with Crippen molar-refractivity contribution in [1.29, 1.82) is 0 Å². The van der Waals surface area contributed by atoms with Crippen LogP contribution in [-0.4, -0.2) is 0 Å². The average molecular weight is 421 g/mol. The van der Waals surface area contributed by atoms with Crippen molar-refractivity contribution in [2.45, 2.75) is 169 Å². The van der Waals surface area contributed by atoms with Crippen LogP contribution in [0.2, 0.25) is 0 Å². The molecule has 0 heteroatoms. The van der Waals surface area contributed by atoms with Crippen LogP contribution in [0, 0.1) is 11.8 Å². The van der Waals surface area contributed by atoms with E-state index in [1.165, 1.54) is 141 Å². The van der Waals surface area contributed by atoms with E-state index in [0.29, 0.717) is 0 Å². The third-order valence-corrected chi connectivity index (χ3v) is 6.85. The summed E-state index contributed by atoms with van der Waals surface area (Å²) in [5, 5.41) is 0. The minimum Gasteiger partial charge on any atom is -0.0883 e. The van der Waals surface area contributed by atoms with Crippen molar-refractivity contribution in [1.82, 2.24) is 0 Å². The maximum absolute atomic E-state index is 2.49. The summed E-state index contributed by atoms with van der Waals surface area (Å²) < 4.78 is 0. The van der Waals surface area contributed by atoms with Crippen LogP contribution in [-0.2, 0) is 0 Å². The molecule has 0 rings (SSSR count). The molecule has 0 aromatic rings. The molecule has 0 saturated carbocycles. The molecule has 2 unspecified atom stereocenters. The Bertz CT molecular complexity index is 329. The van der Waals surface area contributed by atoms with E-state index < -0.39 is 0 Å². The lowest BCUT2D eigenvalue weighted by atomic mass is 9.96. The van der Waals surface area contributed by atoms with E-state index in [9.17, 15) is 0 Å². The lowest BCUT2D eigenvalue weighted by Gasteiger charge is -2.11. The molecule has 0 aromatic carbocycles. The third-order valence-electron chi connectivity index (χ3n) is 6.85. The van der Waals surface area contributed by atoms with Crippen molar-refractivity contribution in [3.05, 3.63) is 12.2 Å². The predicted molar refractivity (Wildman–Crippen MR) is 140 cm³/mol. The summed E-state index contributed by atoms with van der Waals surface area (Å²) in [6.45, 7) is 9.48. The van der Waals surface area contributed by atoms with E-state index in [1.54, 1.807) is 0 Å². The molecule has 0 fully saturated rings. The quantitative estimate of drug-likeness (QED) is 0.107. The van der Waals surface area contributed by atoms with Crippen molar-refractivity contribution < 1.29 is 0 Å². The second-order valence-corrected chi connectivity index (χ2v) is 10.3. The molecule has 0 bridgehead atoms. The van der Waals surface area contributed by atoms with E-state index >= 15 is 0 Å². The maximum Gasteiger partial charge on any atom is -0.0262 e. The molecule has 0 radical (unpaired) electrons. The molecule has 0 aliphatic rings. The highest BCUT2D eigenvalue weighted by Crippen LogP contribution is 2.19. The van der Waals surface area contributed by atoms with Gasteiger partial charge in [-0.05, 0) is 31.1 Å². The van der Waals surface area contributed by atoms with E-state index in [4.69, 9.17) is 0 Å². The highest BCUT2D eigenvalue weighted by Gasteiger charge is 2.02. The summed E-state index contributed by atoms with van der Waals surface area (Å²) in [5.74, 6) is 1.72. The fourth-order valence-corrected chi connectivity index (χ4v) is 4.55. The van der Waals surface area contributed by atoms with Crippen molar-refractivity contribution in [2.24, 2.45) is 11.8 Å². The number of hydrogen-bond donors (Lipinski definition) is 0. The van der Waals surface area contributed by atoms with Crippen molar-refractivity contribution in [3.63, 3.8) is 0 Å². The second kappa shape index (κ2) is 25.0. The van der Waals surface area contributed by atoms with Crippen LogP contribution in [0.15, 0.2) is 12.2 Å². The lowest BCUT2D eigenvalue weighted by molar-refractivity contribution is 0.437.